The number of aromatic nitrogens is 2. The predicted octanol–water partition coefficient (Wildman–Crippen LogP) is 4.17. The Labute approximate surface area is 178 Å². The fraction of sp³-hybridized carbons (Fsp3) is 0.0400. The van der Waals surface area contributed by atoms with Crippen LogP contribution in [0.3, 0.4) is 0 Å². The standard InChI is InChI=1S/C25H16FN5/c26-23-15-29-9-8-22(23)25(21-7-2-1-6-20(21)24(28)31-25)19-5-3-4-17(11-19)18-10-16(12-27)13-30-14-18/h1-11,13-15H,(H2,28,31). The number of rotatable bonds is 3. The van der Waals surface area contributed by atoms with Crippen molar-refractivity contribution in [1.82, 2.24) is 9.97 Å². The lowest BCUT2D eigenvalue weighted by molar-refractivity contribution is 0.555. The molecule has 0 bridgehead atoms. The van der Waals surface area contributed by atoms with E-state index < -0.39 is 11.4 Å². The van der Waals surface area contributed by atoms with Gasteiger partial charge < -0.3 is 5.73 Å². The Kier molecular flexibility index (Phi) is 4.30. The highest BCUT2D eigenvalue weighted by atomic mass is 19.1. The zero-order chi connectivity index (χ0) is 21.4. The second kappa shape index (κ2) is 7.15. The minimum absolute atomic E-state index is 0.352. The summed E-state index contributed by atoms with van der Waals surface area (Å²) in [7, 11) is 0. The van der Waals surface area contributed by atoms with Crippen LogP contribution in [0.2, 0.25) is 0 Å². The maximum atomic E-state index is 15.1. The molecule has 5 nitrogen and oxygen atoms in total. The number of hydrogen-bond donors (Lipinski definition) is 1. The lowest BCUT2D eigenvalue weighted by atomic mass is 9.77. The van der Waals surface area contributed by atoms with Crippen LogP contribution in [0.4, 0.5) is 4.39 Å². The zero-order valence-corrected chi connectivity index (χ0v) is 16.3. The summed E-state index contributed by atoms with van der Waals surface area (Å²) >= 11 is 0. The van der Waals surface area contributed by atoms with Crippen LogP contribution < -0.4 is 5.73 Å². The summed E-state index contributed by atoms with van der Waals surface area (Å²) in [5, 5.41) is 9.23. The summed E-state index contributed by atoms with van der Waals surface area (Å²) < 4.78 is 15.1. The van der Waals surface area contributed by atoms with Crippen LogP contribution in [-0.4, -0.2) is 15.8 Å². The van der Waals surface area contributed by atoms with Gasteiger partial charge in [0.25, 0.3) is 0 Å². The van der Waals surface area contributed by atoms with Crippen LogP contribution in [0.1, 0.15) is 27.8 Å². The zero-order valence-electron chi connectivity index (χ0n) is 16.3. The number of amidine groups is 1. The van der Waals surface area contributed by atoms with E-state index in [1.165, 1.54) is 12.4 Å². The van der Waals surface area contributed by atoms with Gasteiger partial charge in [-0.2, -0.15) is 5.26 Å². The van der Waals surface area contributed by atoms with Gasteiger partial charge in [-0.25, -0.2) is 9.38 Å². The van der Waals surface area contributed by atoms with Gasteiger partial charge in [0, 0.05) is 35.3 Å². The van der Waals surface area contributed by atoms with Crippen LogP contribution in [0.15, 0.2) is 90.4 Å². The minimum Gasteiger partial charge on any atom is -0.383 e. The first kappa shape index (κ1) is 18.6. The minimum atomic E-state index is -1.15. The monoisotopic (exact) mass is 405 g/mol. The number of aliphatic imine (C=N–C) groups is 1. The van der Waals surface area contributed by atoms with Crippen LogP contribution in [0, 0.1) is 17.1 Å². The highest BCUT2D eigenvalue weighted by Gasteiger charge is 2.44. The van der Waals surface area contributed by atoms with E-state index in [0.29, 0.717) is 17.0 Å². The van der Waals surface area contributed by atoms with Gasteiger partial charge in [0.1, 0.15) is 23.3 Å². The molecule has 148 valence electrons. The summed E-state index contributed by atoms with van der Waals surface area (Å²) in [5.74, 6) is -0.111. The van der Waals surface area contributed by atoms with Gasteiger partial charge in [-0.3, -0.25) is 9.97 Å². The molecule has 1 unspecified atom stereocenters. The molecule has 6 heteroatoms. The van der Waals surface area contributed by atoms with E-state index in [0.717, 1.165) is 27.8 Å². The first-order chi connectivity index (χ1) is 15.1. The van der Waals surface area contributed by atoms with Crippen molar-refractivity contribution in [2.75, 3.05) is 0 Å². The Morgan fingerprint density at radius 3 is 2.58 bits per heavy atom. The van der Waals surface area contributed by atoms with Crippen molar-refractivity contribution >= 4 is 5.84 Å². The van der Waals surface area contributed by atoms with E-state index in [-0.39, 0.29) is 0 Å². The van der Waals surface area contributed by atoms with Crippen molar-refractivity contribution in [3.63, 3.8) is 0 Å². The molecule has 0 fully saturated rings. The first-order valence-electron chi connectivity index (χ1n) is 9.65. The third-order valence-corrected chi connectivity index (χ3v) is 5.52. The van der Waals surface area contributed by atoms with Gasteiger partial charge in [-0.1, -0.05) is 42.5 Å². The maximum absolute atomic E-state index is 15.1. The second-order valence-electron chi connectivity index (χ2n) is 7.26. The molecule has 1 aliphatic heterocycles. The van der Waals surface area contributed by atoms with Crippen LogP contribution >= 0.6 is 0 Å². The van der Waals surface area contributed by atoms with Crippen molar-refractivity contribution < 1.29 is 4.39 Å². The number of nitrogens with zero attached hydrogens (tertiary/aromatic N) is 4. The molecule has 0 saturated carbocycles. The number of halogens is 1. The van der Waals surface area contributed by atoms with Gasteiger partial charge in [-0.15, -0.1) is 0 Å². The van der Waals surface area contributed by atoms with Gasteiger partial charge in [0.05, 0.1) is 11.8 Å². The Hall–Kier alpha value is -4.37. The Bertz CT molecular complexity index is 1390. The summed E-state index contributed by atoms with van der Waals surface area (Å²) in [6.45, 7) is 0. The van der Waals surface area contributed by atoms with Crippen molar-refractivity contribution in [1.29, 1.82) is 5.26 Å². The molecule has 0 aliphatic carbocycles. The third kappa shape index (κ3) is 2.87. The molecule has 4 aromatic rings. The quantitative estimate of drug-likeness (QED) is 0.554. The van der Waals surface area contributed by atoms with E-state index in [2.05, 4.69) is 16.0 Å². The molecule has 1 atom stereocenters. The molecular formula is C25H16FN5. The number of nitrogens with two attached hydrogens (primary N) is 1. The maximum Gasteiger partial charge on any atom is 0.147 e. The highest BCUT2D eigenvalue weighted by Crippen LogP contribution is 2.47. The van der Waals surface area contributed by atoms with Gasteiger partial charge in [0.2, 0.25) is 0 Å². The Morgan fingerprint density at radius 2 is 1.74 bits per heavy atom. The molecule has 2 aromatic heterocycles. The summed E-state index contributed by atoms with van der Waals surface area (Å²) in [6.07, 6.45) is 5.95. The van der Waals surface area contributed by atoms with E-state index in [9.17, 15) is 5.26 Å². The molecule has 0 amide bonds. The molecule has 2 aromatic carbocycles. The highest BCUT2D eigenvalue weighted by molar-refractivity contribution is 6.03. The molecular weight excluding hydrogens is 389 g/mol. The normalized spacial score (nSPS) is 17.0. The molecule has 1 aliphatic rings. The second-order valence-corrected chi connectivity index (χ2v) is 7.26. The lowest BCUT2D eigenvalue weighted by Gasteiger charge is -2.29. The average Bonchev–Trinajstić information content (AvgIpc) is 3.13. The number of benzene rings is 2. The summed E-state index contributed by atoms with van der Waals surface area (Å²) in [6, 6.07) is 20.8. The van der Waals surface area contributed by atoms with Crippen molar-refractivity contribution in [2.24, 2.45) is 10.7 Å². The van der Waals surface area contributed by atoms with Crippen LogP contribution in [0.5, 0.6) is 0 Å². The topological polar surface area (TPSA) is 88.0 Å². The van der Waals surface area contributed by atoms with E-state index >= 15 is 4.39 Å². The molecule has 0 spiro atoms. The number of hydrogen-bond acceptors (Lipinski definition) is 5. The molecule has 0 radical (unpaired) electrons. The molecule has 5 rings (SSSR count). The van der Waals surface area contributed by atoms with Crippen LogP contribution in [0.25, 0.3) is 11.1 Å². The van der Waals surface area contributed by atoms with Crippen molar-refractivity contribution in [3.05, 3.63) is 119 Å². The summed E-state index contributed by atoms with van der Waals surface area (Å²) in [5.41, 5.74) is 9.95. The molecule has 0 saturated heterocycles. The number of fused-ring (bicyclic) bond motifs is 1. The van der Waals surface area contributed by atoms with Gasteiger partial charge in [0.15, 0.2) is 0 Å². The fourth-order valence-electron chi connectivity index (χ4n) is 4.16. The predicted molar refractivity (Wildman–Crippen MR) is 116 cm³/mol. The number of pyridine rings is 2. The van der Waals surface area contributed by atoms with E-state index in [1.54, 1.807) is 24.5 Å². The Morgan fingerprint density at radius 1 is 0.871 bits per heavy atom. The SMILES string of the molecule is N#Cc1cncc(-c2cccc(C3(c4ccncc4F)N=C(N)c4ccccc43)c2)c1. The smallest absolute Gasteiger partial charge is 0.147 e. The Balaban J connectivity index is 1.80. The van der Waals surface area contributed by atoms with Gasteiger partial charge >= 0.3 is 0 Å². The van der Waals surface area contributed by atoms with Crippen LogP contribution in [-0.2, 0) is 5.54 Å². The molecule has 31 heavy (non-hydrogen) atoms. The van der Waals surface area contributed by atoms with E-state index in [1.807, 2.05) is 48.5 Å². The molecule has 3 heterocycles. The lowest BCUT2D eigenvalue weighted by Crippen LogP contribution is -2.27. The molecule has 2 N–H and O–H groups in total. The van der Waals surface area contributed by atoms with Gasteiger partial charge in [-0.05, 0) is 34.9 Å². The average molecular weight is 405 g/mol. The first-order valence-corrected chi connectivity index (χ1v) is 9.65. The van der Waals surface area contributed by atoms with Crippen molar-refractivity contribution in [2.45, 2.75) is 5.54 Å². The summed E-state index contributed by atoms with van der Waals surface area (Å²) in [4.78, 5) is 12.9. The third-order valence-electron chi connectivity index (χ3n) is 5.52. The van der Waals surface area contributed by atoms with E-state index in [4.69, 9.17) is 10.7 Å². The fourth-order valence-corrected chi connectivity index (χ4v) is 4.16. The van der Waals surface area contributed by atoms with Crippen molar-refractivity contribution in [3.8, 4) is 17.2 Å². The number of nitriles is 1. The largest absolute Gasteiger partial charge is 0.383 e.